The maximum Gasteiger partial charge on any atom is 0.312 e. The monoisotopic (exact) mass is 288 g/mol. The molecule has 6 heteroatoms. The third-order valence-electron chi connectivity index (χ3n) is 3.61. The lowest BCUT2D eigenvalue weighted by Crippen LogP contribution is -2.39. The average molecular weight is 288 g/mol. The molecule has 2 aliphatic rings. The molecular formula is C13H20O5S. The van der Waals surface area contributed by atoms with E-state index in [0.29, 0.717) is 11.9 Å². The molecule has 0 aliphatic carbocycles. The van der Waals surface area contributed by atoms with E-state index in [-0.39, 0.29) is 12.2 Å². The molecule has 2 bridgehead atoms. The van der Waals surface area contributed by atoms with Gasteiger partial charge in [0.2, 0.25) is 0 Å². The standard InChI is InChI=1S/C13H20O5S/c1-7(2)19-6-5-17-13(16)11-9-4-3-8(18-9)10(11)12(14)15/h7-11H,3-6H2,1-2H3,(H,14,15)/t8-,9-,10-,11-/m0/s1. The highest BCUT2D eigenvalue weighted by atomic mass is 32.2. The minimum Gasteiger partial charge on any atom is -0.481 e. The third-order valence-corrected chi connectivity index (χ3v) is 4.68. The summed E-state index contributed by atoms with van der Waals surface area (Å²) >= 11 is 1.71. The Balaban J connectivity index is 1.86. The van der Waals surface area contributed by atoms with Crippen molar-refractivity contribution in [2.45, 2.75) is 44.1 Å². The van der Waals surface area contributed by atoms with E-state index in [0.717, 1.165) is 18.6 Å². The first-order chi connectivity index (χ1) is 9.00. The molecule has 0 aromatic heterocycles. The van der Waals surface area contributed by atoms with Crippen LogP contribution in [0.2, 0.25) is 0 Å². The molecule has 19 heavy (non-hydrogen) atoms. The zero-order chi connectivity index (χ0) is 14.0. The number of rotatable bonds is 6. The Hall–Kier alpha value is -0.750. The third kappa shape index (κ3) is 3.23. The molecule has 0 aromatic carbocycles. The van der Waals surface area contributed by atoms with Gasteiger partial charge in [-0.15, -0.1) is 0 Å². The number of ether oxygens (including phenoxy) is 2. The molecule has 2 heterocycles. The number of hydrogen-bond donors (Lipinski definition) is 1. The fourth-order valence-electron chi connectivity index (χ4n) is 2.81. The van der Waals surface area contributed by atoms with Crippen LogP contribution >= 0.6 is 11.8 Å². The molecule has 4 atom stereocenters. The van der Waals surface area contributed by atoms with Gasteiger partial charge in [0, 0.05) is 5.75 Å². The molecule has 0 amide bonds. The molecule has 108 valence electrons. The molecule has 0 aromatic rings. The van der Waals surface area contributed by atoms with Crippen molar-refractivity contribution < 1.29 is 24.2 Å². The maximum atomic E-state index is 12.0. The van der Waals surface area contributed by atoms with Crippen molar-refractivity contribution in [1.82, 2.24) is 0 Å². The van der Waals surface area contributed by atoms with Crippen LogP contribution in [0, 0.1) is 11.8 Å². The number of carbonyl (C=O) groups excluding carboxylic acids is 1. The summed E-state index contributed by atoms with van der Waals surface area (Å²) in [4.78, 5) is 23.3. The number of esters is 1. The van der Waals surface area contributed by atoms with Crippen LogP contribution in [0.3, 0.4) is 0 Å². The van der Waals surface area contributed by atoms with Gasteiger partial charge >= 0.3 is 11.9 Å². The zero-order valence-corrected chi connectivity index (χ0v) is 12.0. The second kappa shape index (κ2) is 6.13. The van der Waals surface area contributed by atoms with Gasteiger partial charge in [0.05, 0.1) is 24.0 Å². The van der Waals surface area contributed by atoms with Crippen molar-refractivity contribution in [1.29, 1.82) is 0 Å². The van der Waals surface area contributed by atoms with Crippen molar-refractivity contribution in [3.05, 3.63) is 0 Å². The molecule has 2 aliphatic heterocycles. The molecule has 2 fully saturated rings. The van der Waals surface area contributed by atoms with Gasteiger partial charge in [0.1, 0.15) is 6.61 Å². The predicted octanol–water partition coefficient (Wildman–Crippen LogP) is 1.55. The summed E-state index contributed by atoms with van der Waals surface area (Å²) in [7, 11) is 0. The molecule has 1 N–H and O–H groups in total. The molecule has 0 unspecified atom stereocenters. The molecule has 5 nitrogen and oxygen atoms in total. The molecule has 2 rings (SSSR count). The smallest absolute Gasteiger partial charge is 0.312 e. The van der Waals surface area contributed by atoms with Gasteiger partial charge < -0.3 is 14.6 Å². The number of carboxylic acids is 1. The van der Waals surface area contributed by atoms with E-state index in [4.69, 9.17) is 9.47 Å². The van der Waals surface area contributed by atoms with Crippen LogP contribution in [0.4, 0.5) is 0 Å². The Bertz CT molecular complexity index is 357. The van der Waals surface area contributed by atoms with Gasteiger partial charge in [0.15, 0.2) is 0 Å². The summed E-state index contributed by atoms with van der Waals surface area (Å²) in [6.45, 7) is 4.50. The van der Waals surface area contributed by atoms with Crippen molar-refractivity contribution in [3.8, 4) is 0 Å². The Labute approximate surface area is 117 Å². The van der Waals surface area contributed by atoms with Crippen molar-refractivity contribution in [2.24, 2.45) is 11.8 Å². The van der Waals surface area contributed by atoms with Gasteiger partial charge in [-0.1, -0.05) is 13.8 Å². The highest BCUT2D eigenvalue weighted by Gasteiger charge is 2.56. The van der Waals surface area contributed by atoms with Crippen molar-refractivity contribution in [3.63, 3.8) is 0 Å². The van der Waals surface area contributed by atoms with Crippen LogP contribution in [-0.2, 0) is 19.1 Å². The van der Waals surface area contributed by atoms with Crippen molar-refractivity contribution in [2.75, 3.05) is 12.4 Å². The lowest BCUT2D eigenvalue weighted by Gasteiger charge is -2.23. The summed E-state index contributed by atoms with van der Waals surface area (Å²) in [5, 5.41) is 9.70. The largest absolute Gasteiger partial charge is 0.481 e. The molecular weight excluding hydrogens is 268 g/mol. The Morgan fingerprint density at radius 3 is 2.53 bits per heavy atom. The van der Waals surface area contributed by atoms with Crippen LogP contribution in [-0.4, -0.2) is 46.9 Å². The lowest BCUT2D eigenvalue weighted by atomic mass is 9.79. The predicted molar refractivity (Wildman–Crippen MR) is 71.1 cm³/mol. The topological polar surface area (TPSA) is 72.8 Å². The first kappa shape index (κ1) is 14.7. The minimum atomic E-state index is -0.953. The first-order valence-electron chi connectivity index (χ1n) is 6.67. The molecule has 2 saturated heterocycles. The summed E-state index contributed by atoms with van der Waals surface area (Å²) in [5.41, 5.74) is 0. The molecule has 0 saturated carbocycles. The SMILES string of the molecule is CC(C)SCCOC(=O)[C@@H]1[C@@H](C(=O)O)[C@@H]2CC[C@@H]1O2. The molecule has 0 spiro atoms. The van der Waals surface area contributed by atoms with Gasteiger partial charge in [0.25, 0.3) is 0 Å². The summed E-state index contributed by atoms with van der Waals surface area (Å²) in [6.07, 6.45) is 0.908. The number of fused-ring (bicyclic) bond motifs is 2. The second-order valence-electron chi connectivity index (χ2n) is 5.27. The van der Waals surface area contributed by atoms with Gasteiger partial charge in [-0.25, -0.2) is 0 Å². The van der Waals surface area contributed by atoms with E-state index in [9.17, 15) is 14.7 Å². The van der Waals surface area contributed by atoms with Crippen molar-refractivity contribution >= 4 is 23.7 Å². The van der Waals surface area contributed by atoms with Crippen LogP contribution in [0.1, 0.15) is 26.7 Å². The fraction of sp³-hybridized carbons (Fsp3) is 0.846. The minimum absolute atomic E-state index is 0.267. The summed E-state index contributed by atoms with van der Waals surface area (Å²) in [5.74, 6) is -1.98. The van der Waals surface area contributed by atoms with E-state index in [1.807, 2.05) is 0 Å². The van der Waals surface area contributed by atoms with E-state index < -0.39 is 23.8 Å². The Morgan fingerprint density at radius 1 is 1.32 bits per heavy atom. The van der Waals surface area contributed by atoms with Crippen LogP contribution < -0.4 is 0 Å². The second-order valence-corrected chi connectivity index (χ2v) is 6.95. The zero-order valence-electron chi connectivity index (χ0n) is 11.2. The quantitative estimate of drug-likeness (QED) is 0.590. The number of hydrogen-bond acceptors (Lipinski definition) is 5. The van der Waals surface area contributed by atoms with E-state index in [1.165, 1.54) is 0 Å². The van der Waals surface area contributed by atoms with E-state index in [2.05, 4.69) is 13.8 Å². The highest BCUT2D eigenvalue weighted by Crippen LogP contribution is 2.44. The number of thioether (sulfide) groups is 1. The first-order valence-corrected chi connectivity index (χ1v) is 7.72. The average Bonchev–Trinajstić information content (AvgIpc) is 2.93. The van der Waals surface area contributed by atoms with Crippen LogP contribution in [0.15, 0.2) is 0 Å². The highest BCUT2D eigenvalue weighted by molar-refractivity contribution is 7.99. The fourth-order valence-corrected chi connectivity index (χ4v) is 3.46. The lowest BCUT2D eigenvalue weighted by molar-refractivity contribution is -0.157. The number of carboxylic acid groups (broad SMARTS) is 1. The number of aliphatic carboxylic acids is 1. The maximum absolute atomic E-state index is 12.0. The van der Waals surface area contributed by atoms with Gasteiger partial charge in [-0.3, -0.25) is 9.59 Å². The van der Waals surface area contributed by atoms with E-state index >= 15 is 0 Å². The number of carbonyl (C=O) groups is 2. The summed E-state index contributed by atoms with van der Waals surface area (Å²) < 4.78 is 10.7. The normalized spacial score (nSPS) is 32.8. The summed E-state index contributed by atoms with van der Waals surface area (Å²) in [6, 6.07) is 0. The van der Waals surface area contributed by atoms with Crippen LogP contribution in [0.5, 0.6) is 0 Å². The van der Waals surface area contributed by atoms with E-state index in [1.54, 1.807) is 11.8 Å². The molecule has 0 radical (unpaired) electrons. The van der Waals surface area contributed by atoms with Crippen LogP contribution in [0.25, 0.3) is 0 Å². The Morgan fingerprint density at radius 2 is 1.95 bits per heavy atom. The Kier molecular flexibility index (Phi) is 4.73. The van der Waals surface area contributed by atoms with Gasteiger partial charge in [-0.2, -0.15) is 11.8 Å². The van der Waals surface area contributed by atoms with Gasteiger partial charge in [-0.05, 0) is 18.1 Å².